The fourth-order valence-electron chi connectivity index (χ4n) is 8.40. The number of aliphatic hydroxyl groups is 2. The van der Waals surface area contributed by atoms with Gasteiger partial charge in [-0.25, -0.2) is 0 Å². The van der Waals surface area contributed by atoms with Crippen molar-refractivity contribution in [3.8, 4) is 0 Å². The zero-order chi connectivity index (χ0) is 23.9. The first-order valence-electron chi connectivity index (χ1n) is 13.5. The Morgan fingerprint density at radius 1 is 1.06 bits per heavy atom. The molecule has 4 aliphatic rings. The normalized spacial score (nSPS) is 45.7. The molecular formula is C28H48N2O3. The fourth-order valence-corrected chi connectivity index (χ4v) is 8.40. The first kappa shape index (κ1) is 25.2. The third-order valence-electron chi connectivity index (χ3n) is 10.6. The highest BCUT2D eigenvalue weighted by Crippen LogP contribution is 2.69. The quantitative estimate of drug-likeness (QED) is 0.318. The van der Waals surface area contributed by atoms with E-state index in [4.69, 9.17) is 4.84 Å². The lowest BCUT2D eigenvalue weighted by Gasteiger charge is -2.63. The van der Waals surface area contributed by atoms with Crippen molar-refractivity contribution in [2.24, 2.45) is 39.7 Å². The Morgan fingerprint density at radius 2 is 1.85 bits per heavy atom. The van der Waals surface area contributed by atoms with E-state index in [0.29, 0.717) is 30.3 Å². The van der Waals surface area contributed by atoms with Gasteiger partial charge in [0.2, 0.25) is 0 Å². The summed E-state index contributed by atoms with van der Waals surface area (Å²) in [6.07, 6.45) is 14.7. The van der Waals surface area contributed by atoms with Crippen LogP contribution in [0.2, 0.25) is 0 Å². The van der Waals surface area contributed by atoms with E-state index in [9.17, 15) is 10.2 Å². The summed E-state index contributed by atoms with van der Waals surface area (Å²) in [6.45, 7) is 8.49. The summed E-state index contributed by atoms with van der Waals surface area (Å²) in [7, 11) is 4.07. The van der Waals surface area contributed by atoms with E-state index in [2.05, 4.69) is 36.9 Å². The van der Waals surface area contributed by atoms with Gasteiger partial charge in [0.25, 0.3) is 0 Å². The van der Waals surface area contributed by atoms with Gasteiger partial charge in [0.1, 0.15) is 6.61 Å². The zero-order valence-electron chi connectivity index (χ0n) is 21.7. The van der Waals surface area contributed by atoms with E-state index in [0.717, 1.165) is 57.9 Å². The Labute approximate surface area is 201 Å². The van der Waals surface area contributed by atoms with Crippen LogP contribution in [0.4, 0.5) is 0 Å². The lowest BCUT2D eigenvalue weighted by molar-refractivity contribution is -0.207. The van der Waals surface area contributed by atoms with Crippen LogP contribution in [0.5, 0.6) is 0 Å². The number of allylic oxidation sites excluding steroid dienone is 2. The van der Waals surface area contributed by atoms with Crippen LogP contribution in [0.3, 0.4) is 0 Å². The van der Waals surface area contributed by atoms with Crippen LogP contribution in [-0.2, 0) is 4.84 Å². The van der Waals surface area contributed by atoms with E-state index in [1.807, 2.05) is 20.3 Å². The maximum absolute atomic E-state index is 12.3. The van der Waals surface area contributed by atoms with Gasteiger partial charge >= 0.3 is 0 Å². The minimum Gasteiger partial charge on any atom is -0.394 e. The second-order valence-electron chi connectivity index (χ2n) is 12.4. The molecule has 2 N–H and O–H groups in total. The van der Waals surface area contributed by atoms with Gasteiger partial charge in [-0.3, -0.25) is 0 Å². The molecule has 0 aromatic rings. The third-order valence-corrected chi connectivity index (χ3v) is 10.6. The number of likely N-dealkylation sites (N-methyl/N-ethyl adjacent to an activating group) is 1. The lowest BCUT2D eigenvalue weighted by atomic mass is 9.43. The first-order valence-corrected chi connectivity index (χ1v) is 13.5. The standard InChI is InChI=1S/C28H48N2O3/c1-6-20(19-29-33-16-15-30(4)5)17-22-9-14-28(32)25-8-7-21-18-23(31)10-12-26(21,2)24(25)11-13-27(22,28)3/h17,19,21-25,31-32H,6-16,18H2,1-5H3/b20-17+,29-19+/t21-,22-,23+,24+,25-,26+,27-,28+/m1/s1. The van der Waals surface area contributed by atoms with Crippen molar-refractivity contribution in [2.45, 2.75) is 96.7 Å². The number of hydrogen-bond acceptors (Lipinski definition) is 5. The second-order valence-corrected chi connectivity index (χ2v) is 12.4. The van der Waals surface area contributed by atoms with Gasteiger partial charge in [-0.05, 0) is 113 Å². The van der Waals surface area contributed by atoms with Crippen LogP contribution in [-0.4, -0.2) is 60.3 Å². The van der Waals surface area contributed by atoms with Crippen molar-refractivity contribution < 1.29 is 15.1 Å². The average molecular weight is 461 g/mol. The lowest BCUT2D eigenvalue weighted by Crippen LogP contribution is -2.62. The van der Waals surface area contributed by atoms with Gasteiger partial charge in [-0.15, -0.1) is 0 Å². The van der Waals surface area contributed by atoms with Crippen molar-refractivity contribution in [1.82, 2.24) is 4.90 Å². The molecular weight excluding hydrogens is 412 g/mol. The number of nitrogens with zero attached hydrogens (tertiary/aromatic N) is 2. The molecule has 4 aliphatic carbocycles. The summed E-state index contributed by atoms with van der Waals surface area (Å²) < 4.78 is 0. The second kappa shape index (κ2) is 9.62. The van der Waals surface area contributed by atoms with E-state index in [1.54, 1.807) is 0 Å². The van der Waals surface area contributed by atoms with Gasteiger partial charge in [0.05, 0.1) is 17.9 Å². The molecule has 0 spiro atoms. The van der Waals surface area contributed by atoms with Gasteiger partial charge in [-0.1, -0.05) is 32.0 Å². The van der Waals surface area contributed by atoms with Crippen molar-refractivity contribution in [1.29, 1.82) is 0 Å². The van der Waals surface area contributed by atoms with E-state index < -0.39 is 5.60 Å². The zero-order valence-corrected chi connectivity index (χ0v) is 21.7. The molecule has 4 saturated carbocycles. The Morgan fingerprint density at radius 3 is 2.58 bits per heavy atom. The molecule has 4 fully saturated rings. The molecule has 8 atom stereocenters. The molecule has 0 unspecified atom stereocenters. The molecule has 33 heavy (non-hydrogen) atoms. The number of oxime groups is 1. The molecule has 0 aromatic heterocycles. The topological polar surface area (TPSA) is 65.3 Å². The highest BCUT2D eigenvalue weighted by molar-refractivity contribution is 5.77. The Bertz CT molecular complexity index is 751. The molecule has 0 aromatic carbocycles. The summed E-state index contributed by atoms with van der Waals surface area (Å²) in [5, 5.41) is 26.8. The molecule has 0 saturated heterocycles. The molecule has 5 nitrogen and oxygen atoms in total. The molecule has 0 radical (unpaired) electrons. The summed E-state index contributed by atoms with van der Waals surface area (Å²) in [5.74, 6) is 2.02. The van der Waals surface area contributed by atoms with E-state index in [-0.39, 0.29) is 16.9 Å². The molecule has 5 heteroatoms. The van der Waals surface area contributed by atoms with Gasteiger partial charge in [0, 0.05) is 12.0 Å². The summed E-state index contributed by atoms with van der Waals surface area (Å²) in [4.78, 5) is 7.54. The van der Waals surface area contributed by atoms with Crippen LogP contribution in [0.15, 0.2) is 16.8 Å². The van der Waals surface area contributed by atoms with Crippen LogP contribution in [0, 0.1) is 34.5 Å². The molecule has 0 bridgehead atoms. The van der Waals surface area contributed by atoms with E-state index >= 15 is 0 Å². The molecule has 0 heterocycles. The van der Waals surface area contributed by atoms with Crippen molar-refractivity contribution in [3.63, 3.8) is 0 Å². The van der Waals surface area contributed by atoms with Gasteiger partial charge in [0.15, 0.2) is 0 Å². The monoisotopic (exact) mass is 460 g/mol. The number of rotatable bonds is 7. The molecule has 0 aliphatic heterocycles. The van der Waals surface area contributed by atoms with Crippen LogP contribution in [0.1, 0.15) is 85.0 Å². The predicted molar refractivity (Wildman–Crippen MR) is 134 cm³/mol. The molecule has 0 amide bonds. The maximum atomic E-state index is 12.3. The van der Waals surface area contributed by atoms with Crippen molar-refractivity contribution in [3.05, 3.63) is 11.6 Å². The average Bonchev–Trinajstić information content (AvgIpc) is 3.03. The SMILES string of the molecule is CCC(/C=N/OCCN(C)C)=C\[C@H]1CC[C@]2(O)[C@@H]3CC[C@@H]4C[C@@H](O)CC[C@]4(C)[C@H]3CC[C@]12C. The number of hydrogen-bond donors (Lipinski definition) is 2. The summed E-state index contributed by atoms with van der Waals surface area (Å²) in [6, 6.07) is 0. The smallest absolute Gasteiger partial charge is 0.129 e. The van der Waals surface area contributed by atoms with Crippen LogP contribution in [0.25, 0.3) is 0 Å². The minimum atomic E-state index is -0.570. The number of fused-ring (bicyclic) bond motifs is 5. The largest absolute Gasteiger partial charge is 0.394 e. The third kappa shape index (κ3) is 4.43. The predicted octanol–water partition coefficient (Wildman–Crippen LogP) is 5.02. The van der Waals surface area contributed by atoms with Crippen LogP contribution >= 0.6 is 0 Å². The fraction of sp³-hybridized carbons (Fsp3) is 0.893. The summed E-state index contributed by atoms with van der Waals surface area (Å²) >= 11 is 0. The molecule has 4 rings (SSSR count). The Hall–Kier alpha value is -0.910. The minimum absolute atomic E-state index is 0.0639. The highest BCUT2D eigenvalue weighted by Gasteiger charge is 2.66. The summed E-state index contributed by atoms with van der Waals surface area (Å²) in [5.41, 5.74) is 0.873. The van der Waals surface area contributed by atoms with Gasteiger partial charge < -0.3 is 20.0 Å². The van der Waals surface area contributed by atoms with E-state index in [1.165, 1.54) is 18.4 Å². The molecule has 188 valence electrons. The maximum Gasteiger partial charge on any atom is 0.129 e. The Kier molecular flexibility index (Phi) is 7.34. The Balaban J connectivity index is 1.50. The highest BCUT2D eigenvalue weighted by atomic mass is 16.6. The van der Waals surface area contributed by atoms with Crippen LogP contribution < -0.4 is 0 Å². The van der Waals surface area contributed by atoms with Gasteiger partial charge in [-0.2, -0.15) is 0 Å². The first-order chi connectivity index (χ1) is 15.6. The van der Waals surface area contributed by atoms with Crippen molar-refractivity contribution >= 4 is 6.21 Å². The van der Waals surface area contributed by atoms with Crippen molar-refractivity contribution in [2.75, 3.05) is 27.2 Å². The number of aliphatic hydroxyl groups excluding tert-OH is 1.